The lowest BCUT2D eigenvalue weighted by molar-refractivity contribution is 0.0798. The Morgan fingerprint density at radius 1 is 1.47 bits per heavy atom. The molecule has 0 aliphatic heterocycles. The average molecular weight is 239 g/mol. The predicted octanol–water partition coefficient (Wildman–Crippen LogP) is 1.53. The molecule has 0 bridgehead atoms. The van der Waals surface area contributed by atoms with Gasteiger partial charge in [0.1, 0.15) is 0 Å². The Kier molecular flexibility index (Phi) is 3.99. The number of nitrogens with two attached hydrogens (primary N) is 1. The van der Waals surface area contributed by atoms with Crippen LogP contribution in [0.1, 0.15) is 16.8 Å². The van der Waals surface area contributed by atoms with Gasteiger partial charge in [-0.05, 0) is 6.07 Å². The van der Waals surface area contributed by atoms with E-state index in [0.717, 1.165) is 12.1 Å². The number of nitrogen functional groups attached to an aromatic ring is 1. The molecule has 0 atom stereocenters. The largest absolute Gasteiger partial charge is 0.398 e. The number of benzene rings is 1. The quantitative estimate of drug-likeness (QED) is 0.813. The van der Waals surface area contributed by atoms with Crippen molar-refractivity contribution in [2.24, 2.45) is 0 Å². The Bertz CT molecular complexity index is 482. The van der Waals surface area contributed by atoms with Crippen LogP contribution in [0.15, 0.2) is 12.1 Å². The molecule has 0 saturated carbocycles. The number of nitrogens with zero attached hydrogens (tertiary/aromatic N) is 2. The third-order valence-corrected chi connectivity index (χ3v) is 2.23. The van der Waals surface area contributed by atoms with E-state index >= 15 is 0 Å². The van der Waals surface area contributed by atoms with Crippen LogP contribution in [0.25, 0.3) is 0 Å². The molecule has 0 spiro atoms. The average Bonchev–Trinajstić information content (AvgIpc) is 2.29. The molecule has 4 nitrogen and oxygen atoms in total. The summed E-state index contributed by atoms with van der Waals surface area (Å²) in [4.78, 5) is 13.0. The summed E-state index contributed by atoms with van der Waals surface area (Å²) >= 11 is 0. The lowest BCUT2D eigenvalue weighted by atomic mass is 10.1. The Labute approximate surface area is 97.2 Å². The highest BCUT2D eigenvalue weighted by Crippen LogP contribution is 2.18. The SMILES string of the molecule is CN(CCC#N)C(=O)c1cc(F)c(F)cc1N. The van der Waals surface area contributed by atoms with Gasteiger partial charge >= 0.3 is 0 Å². The molecule has 0 fully saturated rings. The predicted molar refractivity (Wildman–Crippen MR) is 58.0 cm³/mol. The van der Waals surface area contributed by atoms with Crippen molar-refractivity contribution in [3.05, 3.63) is 29.3 Å². The van der Waals surface area contributed by atoms with E-state index in [0.29, 0.717) is 0 Å². The molecule has 0 aliphatic carbocycles. The first-order valence-electron chi connectivity index (χ1n) is 4.84. The van der Waals surface area contributed by atoms with Gasteiger partial charge in [0.2, 0.25) is 0 Å². The highest BCUT2D eigenvalue weighted by atomic mass is 19.2. The molecular formula is C11H11F2N3O. The lowest BCUT2D eigenvalue weighted by Crippen LogP contribution is -2.28. The number of hydrogen-bond donors (Lipinski definition) is 1. The van der Waals surface area contributed by atoms with Gasteiger partial charge in [0.05, 0.1) is 18.1 Å². The molecule has 0 aromatic heterocycles. The second-order valence-electron chi connectivity index (χ2n) is 3.49. The van der Waals surface area contributed by atoms with Crippen molar-refractivity contribution in [1.82, 2.24) is 4.90 Å². The molecule has 0 radical (unpaired) electrons. The highest BCUT2D eigenvalue weighted by molar-refractivity contribution is 5.99. The van der Waals surface area contributed by atoms with E-state index in [1.54, 1.807) is 0 Å². The first kappa shape index (κ1) is 12.9. The first-order chi connectivity index (χ1) is 7.97. The van der Waals surface area contributed by atoms with E-state index in [2.05, 4.69) is 0 Å². The van der Waals surface area contributed by atoms with Gasteiger partial charge in [0.15, 0.2) is 11.6 Å². The van der Waals surface area contributed by atoms with Crippen LogP contribution in [0.3, 0.4) is 0 Å². The molecule has 6 heteroatoms. The molecule has 1 rings (SSSR count). The standard InChI is InChI=1S/C11H11F2N3O/c1-16(4-2-3-14)11(17)7-5-8(12)9(13)6-10(7)15/h5-6H,2,4,15H2,1H3. The van der Waals surface area contributed by atoms with Crippen LogP contribution in [0.4, 0.5) is 14.5 Å². The number of halogens is 2. The molecule has 1 aromatic carbocycles. The van der Waals surface area contributed by atoms with Gasteiger partial charge in [-0.1, -0.05) is 0 Å². The zero-order valence-corrected chi connectivity index (χ0v) is 9.20. The minimum absolute atomic E-state index is 0.107. The maximum absolute atomic E-state index is 13.0. The monoisotopic (exact) mass is 239 g/mol. The fourth-order valence-electron chi connectivity index (χ4n) is 1.27. The third kappa shape index (κ3) is 2.91. The topological polar surface area (TPSA) is 70.1 Å². The number of nitriles is 1. The van der Waals surface area contributed by atoms with Crippen molar-refractivity contribution in [2.75, 3.05) is 19.3 Å². The molecule has 2 N–H and O–H groups in total. The van der Waals surface area contributed by atoms with Crippen molar-refractivity contribution < 1.29 is 13.6 Å². The van der Waals surface area contributed by atoms with Crippen LogP contribution >= 0.6 is 0 Å². The minimum Gasteiger partial charge on any atom is -0.398 e. The summed E-state index contributed by atoms with van der Waals surface area (Å²) < 4.78 is 25.8. The summed E-state index contributed by atoms with van der Waals surface area (Å²) in [5.41, 5.74) is 5.20. The minimum atomic E-state index is -1.13. The number of carbonyl (C=O) groups excluding carboxylic acids is 1. The molecule has 1 amide bonds. The van der Waals surface area contributed by atoms with Crippen molar-refractivity contribution in [1.29, 1.82) is 5.26 Å². The summed E-state index contributed by atoms with van der Waals surface area (Å²) in [6.07, 6.45) is 0.159. The number of anilines is 1. The third-order valence-electron chi connectivity index (χ3n) is 2.23. The lowest BCUT2D eigenvalue weighted by Gasteiger charge is -2.16. The Hall–Kier alpha value is -2.16. The van der Waals surface area contributed by atoms with Gasteiger partial charge < -0.3 is 10.6 Å². The van der Waals surface area contributed by atoms with E-state index in [1.807, 2.05) is 6.07 Å². The van der Waals surface area contributed by atoms with E-state index in [-0.39, 0.29) is 24.2 Å². The Morgan fingerprint density at radius 3 is 2.65 bits per heavy atom. The van der Waals surface area contributed by atoms with Gasteiger partial charge in [-0.15, -0.1) is 0 Å². The van der Waals surface area contributed by atoms with E-state index in [1.165, 1.54) is 11.9 Å². The van der Waals surface area contributed by atoms with Crippen LogP contribution in [0.2, 0.25) is 0 Å². The fourth-order valence-corrected chi connectivity index (χ4v) is 1.27. The zero-order valence-electron chi connectivity index (χ0n) is 9.20. The molecular weight excluding hydrogens is 228 g/mol. The van der Waals surface area contributed by atoms with Crippen LogP contribution in [-0.2, 0) is 0 Å². The van der Waals surface area contributed by atoms with E-state index < -0.39 is 17.5 Å². The summed E-state index contributed by atoms with van der Waals surface area (Å²) in [5, 5.41) is 8.38. The molecule has 0 aliphatic rings. The highest BCUT2D eigenvalue weighted by Gasteiger charge is 2.17. The first-order valence-corrected chi connectivity index (χ1v) is 4.84. The van der Waals surface area contributed by atoms with Crippen LogP contribution < -0.4 is 5.73 Å². The Balaban J connectivity index is 2.97. The molecule has 0 heterocycles. The van der Waals surface area contributed by atoms with Gasteiger partial charge in [-0.2, -0.15) is 5.26 Å². The molecule has 1 aromatic rings. The normalized spacial score (nSPS) is 9.76. The van der Waals surface area contributed by atoms with Crippen LogP contribution in [-0.4, -0.2) is 24.4 Å². The summed E-state index contributed by atoms with van der Waals surface area (Å²) in [7, 11) is 1.46. The van der Waals surface area contributed by atoms with E-state index in [9.17, 15) is 13.6 Å². The molecule has 17 heavy (non-hydrogen) atoms. The van der Waals surface area contributed by atoms with Crippen molar-refractivity contribution in [3.8, 4) is 6.07 Å². The fraction of sp³-hybridized carbons (Fsp3) is 0.273. The summed E-state index contributed by atoms with van der Waals surface area (Å²) in [5.74, 6) is -2.77. The maximum atomic E-state index is 13.0. The second-order valence-corrected chi connectivity index (χ2v) is 3.49. The zero-order chi connectivity index (χ0) is 13.0. The maximum Gasteiger partial charge on any atom is 0.255 e. The van der Waals surface area contributed by atoms with Crippen molar-refractivity contribution in [3.63, 3.8) is 0 Å². The van der Waals surface area contributed by atoms with Gasteiger partial charge in [-0.3, -0.25) is 4.79 Å². The Morgan fingerprint density at radius 2 is 2.06 bits per heavy atom. The van der Waals surface area contributed by atoms with Crippen LogP contribution in [0.5, 0.6) is 0 Å². The number of hydrogen-bond acceptors (Lipinski definition) is 3. The van der Waals surface area contributed by atoms with E-state index in [4.69, 9.17) is 11.0 Å². The number of carbonyl (C=O) groups is 1. The molecule has 90 valence electrons. The molecule has 0 saturated heterocycles. The summed E-state index contributed by atoms with van der Waals surface area (Å²) in [6, 6.07) is 3.41. The van der Waals surface area contributed by atoms with Gasteiger partial charge in [0.25, 0.3) is 5.91 Å². The number of amides is 1. The van der Waals surface area contributed by atoms with Crippen molar-refractivity contribution >= 4 is 11.6 Å². The molecule has 0 unspecified atom stereocenters. The summed E-state index contributed by atoms with van der Waals surface area (Å²) in [6.45, 7) is 0.202. The van der Waals surface area contributed by atoms with Gasteiger partial charge in [-0.25, -0.2) is 8.78 Å². The smallest absolute Gasteiger partial charge is 0.255 e. The van der Waals surface area contributed by atoms with Crippen LogP contribution in [0, 0.1) is 23.0 Å². The van der Waals surface area contributed by atoms with Crippen molar-refractivity contribution in [2.45, 2.75) is 6.42 Å². The second kappa shape index (κ2) is 5.25. The van der Waals surface area contributed by atoms with Gasteiger partial charge in [0, 0.05) is 25.3 Å². The number of rotatable bonds is 3.